The summed E-state index contributed by atoms with van der Waals surface area (Å²) >= 11 is 3.25. The van der Waals surface area contributed by atoms with Crippen LogP contribution < -0.4 is 5.73 Å². The molecule has 1 aromatic rings. The molecule has 0 fully saturated rings. The summed E-state index contributed by atoms with van der Waals surface area (Å²) in [7, 11) is -3.57. The lowest BCUT2D eigenvalue weighted by Crippen LogP contribution is -2.32. The molecule has 0 aliphatic carbocycles. The largest absolute Gasteiger partial charge is 0.398 e. The topological polar surface area (TPSA) is 63.4 Å². The van der Waals surface area contributed by atoms with E-state index in [0.717, 1.165) is 10.0 Å². The smallest absolute Gasteiger partial charge is 0.245 e. The Morgan fingerprint density at radius 2 is 2.11 bits per heavy atom. The van der Waals surface area contributed by atoms with Crippen molar-refractivity contribution in [2.24, 2.45) is 0 Å². The second-order valence-electron chi connectivity index (χ2n) is 4.07. The zero-order valence-electron chi connectivity index (χ0n) is 10.5. The van der Waals surface area contributed by atoms with E-state index in [-0.39, 0.29) is 10.6 Å². The molecule has 0 aliphatic heterocycles. The van der Waals surface area contributed by atoms with Crippen LogP contribution in [0, 0.1) is 0 Å². The molecule has 18 heavy (non-hydrogen) atoms. The molecular weight excluding hydrogens is 316 g/mol. The Hall–Kier alpha value is -0.850. The van der Waals surface area contributed by atoms with Crippen molar-refractivity contribution >= 4 is 31.6 Å². The SMILES string of the molecule is C=C(C)CN(CC)S(=O)(=O)c1ccc(Br)cc1N. The number of nitrogens with two attached hydrogens (primary N) is 1. The maximum atomic E-state index is 12.4. The normalized spacial score (nSPS) is 11.8. The van der Waals surface area contributed by atoms with Gasteiger partial charge in [-0.05, 0) is 25.1 Å². The third kappa shape index (κ3) is 3.34. The summed E-state index contributed by atoms with van der Waals surface area (Å²) in [5, 5.41) is 0. The van der Waals surface area contributed by atoms with Crippen LogP contribution >= 0.6 is 15.9 Å². The van der Waals surface area contributed by atoms with Gasteiger partial charge in [0.25, 0.3) is 0 Å². The summed E-state index contributed by atoms with van der Waals surface area (Å²) in [6, 6.07) is 4.76. The van der Waals surface area contributed by atoms with Crippen LogP contribution in [-0.4, -0.2) is 25.8 Å². The van der Waals surface area contributed by atoms with Gasteiger partial charge in [0.15, 0.2) is 0 Å². The maximum absolute atomic E-state index is 12.4. The standard InChI is InChI=1S/C12H17BrN2O2S/c1-4-15(8-9(2)3)18(16,17)12-6-5-10(13)7-11(12)14/h5-7H,2,4,8,14H2,1,3H3. The molecule has 0 aliphatic rings. The summed E-state index contributed by atoms with van der Waals surface area (Å²) < 4.78 is 26.9. The molecule has 1 rings (SSSR count). The molecule has 1 aromatic carbocycles. The van der Waals surface area contributed by atoms with Gasteiger partial charge in [0.05, 0.1) is 5.69 Å². The monoisotopic (exact) mass is 332 g/mol. The number of benzene rings is 1. The number of hydrogen-bond acceptors (Lipinski definition) is 3. The molecular formula is C12H17BrN2O2S. The first kappa shape index (κ1) is 15.2. The Morgan fingerprint density at radius 1 is 1.50 bits per heavy atom. The summed E-state index contributed by atoms with van der Waals surface area (Å²) in [6.45, 7) is 8.00. The van der Waals surface area contributed by atoms with Gasteiger partial charge >= 0.3 is 0 Å². The fourth-order valence-corrected chi connectivity index (χ4v) is 3.55. The molecule has 0 aromatic heterocycles. The molecule has 2 N–H and O–H groups in total. The van der Waals surface area contributed by atoms with Crippen LogP contribution in [-0.2, 0) is 10.0 Å². The van der Waals surface area contributed by atoms with Crippen LogP contribution in [0.4, 0.5) is 5.69 Å². The Balaban J connectivity index is 3.23. The van der Waals surface area contributed by atoms with Crippen molar-refractivity contribution in [3.63, 3.8) is 0 Å². The molecule has 0 unspecified atom stereocenters. The first-order chi connectivity index (χ1) is 8.28. The van der Waals surface area contributed by atoms with Gasteiger partial charge in [-0.15, -0.1) is 0 Å². The minimum atomic E-state index is -3.57. The van der Waals surface area contributed by atoms with Gasteiger partial charge < -0.3 is 5.73 Å². The number of likely N-dealkylation sites (N-methyl/N-ethyl adjacent to an activating group) is 1. The van der Waals surface area contributed by atoms with E-state index in [9.17, 15) is 8.42 Å². The maximum Gasteiger partial charge on any atom is 0.245 e. The lowest BCUT2D eigenvalue weighted by molar-refractivity contribution is 0.453. The van der Waals surface area contributed by atoms with Gasteiger partial charge in [0.1, 0.15) is 4.90 Å². The van der Waals surface area contributed by atoms with E-state index >= 15 is 0 Å². The Labute approximate surface area is 117 Å². The Morgan fingerprint density at radius 3 is 2.56 bits per heavy atom. The summed E-state index contributed by atoms with van der Waals surface area (Å²) in [6.07, 6.45) is 0. The molecule has 0 amide bonds. The number of anilines is 1. The molecule has 0 bridgehead atoms. The van der Waals surface area contributed by atoms with Crippen molar-refractivity contribution in [2.75, 3.05) is 18.8 Å². The van der Waals surface area contributed by atoms with Crippen LogP contribution in [0.15, 0.2) is 39.7 Å². The van der Waals surface area contributed by atoms with Gasteiger partial charge in [0.2, 0.25) is 10.0 Å². The molecule has 0 saturated carbocycles. The van der Waals surface area contributed by atoms with Gasteiger partial charge in [-0.3, -0.25) is 0 Å². The van der Waals surface area contributed by atoms with Gasteiger partial charge in [0, 0.05) is 17.6 Å². The first-order valence-electron chi connectivity index (χ1n) is 5.48. The Kier molecular flexibility index (Phi) is 4.95. The number of hydrogen-bond donors (Lipinski definition) is 1. The van der Waals surface area contributed by atoms with E-state index in [1.165, 1.54) is 10.4 Å². The zero-order chi connectivity index (χ0) is 13.9. The predicted octanol–water partition coefficient (Wildman–Crippen LogP) is 2.62. The minimum Gasteiger partial charge on any atom is -0.398 e. The minimum absolute atomic E-state index is 0.133. The molecule has 6 heteroatoms. The van der Waals surface area contributed by atoms with Crippen molar-refractivity contribution < 1.29 is 8.42 Å². The van der Waals surface area contributed by atoms with E-state index in [4.69, 9.17) is 5.73 Å². The van der Waals surface area contributed by atoms with Gasteiger partial charge in [-0.2, -0.15) is 4.31 Å². The summed E-state index contributed by atoms with van der Waals surface area (Å²) in [5.74, 6) is 0. The van der Waals surface area contributed by atoms with Crippen molar-refractivity contribution in [3.05, 3.63) is 34.8 Å². The first-order valence-corrected chi connectivity index (χ1v) is 7.72. The average Bonchev–Trinajstić information content (AvgIpc) is 2.24. The summed E-state index contributed by atoms with van der Waals surface area (Å²) in [4.78, 5) is 0.133. The van der Waals surface area contributed by atoms with E-state index in [0.29, 0.717) is 13.1 Å². The number of nitrogen functional groups attached to an aromatic ring is 1. The molecule has 0 heterocycles. The van der Waals surface area contributed by atoms with Crippen LogP contribution in [0.2, 0.25) is 0 Å². The Bertz CT molecular complexity index is 555. The fourth-order valence-electron chi connectivity index (χ4n) is 1.56. The predicted molar refractivity (Wildman–Crippen MR) is 77.8 cm³/mol. The van der Waals surface area contributed by atoms with Crippen molar-refractivity contribution in [1.29, 1.82) is 0 Å². The van der Waals surface area contributed by atoms with E-state index < -0.39 is 10.0 Å². The van der Waals surface area contributed by atoms with E-state index in [1.807, 2.05) is 0 Å². The van der Waals surface area contributed by atoms with Crippen LogP contribution in [0.25, 0.3) is 0 Å². The average molecular weight is 333 g/mol. The highest BCUT2D eigenvalue weighted by molar-refractivity contribution is 9.10. The highest BCUT2D eigenvalue weighted by Gasteiger charge is 2.25. The lowest BCUT2D eigenvalue weighted by Gasteiger charge is -2.21. The van der Waals surface area contributed by atoms with Crippen molar-refractivity contribution in [3.8, 4) is 0 Å². The molecule has 0 radical (unpaired) electrons. The van der Waals surface area contributed by atoms with E-state index in [1.54, 1.807) is 26.0 Å². The molecule has 0 saturated heterocycles. The second-order valence-corrected chi connectivity index (χ2v) is 6.89. The molecule has 0 spiro atoms. The summed E-state index contributed by atoms with van der Waals surface area (Å²) in [5.41, 5.74) is 6.80. The number of rotatable bonds is 5. The van der Waals surface area contributed by atoms with Gasteiger partial charge in [-0.1, -0.05) is 35.0 Å². The number of halogens is 1. The highest BCUT2D eigenvalue weighted by atomic mass is 79.9. The highest BCUT2D eigenvalue weighted by Crippen LogP contribution is 2.25. The molecule has 4 nitrogen and oxygen atoms in total. The quantitative estimate of drug-likeness (QED) is 0.665. The number of sulfonamides is 1. The lowest BCUT2D eigenvalue weighted by atomic mass is 10.3. The zero-order valence-corrected chi connectivity index (χ0v) is 12.9. The second kappa shape index (κ2) is 5.86. The molecule has 0 atom stereocenters. The number of nitrogens with zero attached hydrogens (tertiary/aromatic N) is 1. The van der Waals surface area contributed by atoms with Crippen LogP contribution in [0.5, 0.6) is 0 Å². The molecule has 100 valence electrons. The van der Waals surface area contributed by atoms with Crippen molar-refractivity contribution in [1.82, 2.24) is 4.31 Å². The third-order valence-electron chi connectivity index (χ3n) is 2.39. The fraction of sp³-hybridized carbons (Fsp3) is 0.333. The van der Waals surface area contributed by atoms with Crippen molar-refractivity contribution in [2.45, 2.75) is 18.7 Å². The third-order valence-corrected chi connectivity index (χ3v) is 4.88. The van der Waals surface area contributed by atoms with Crippen LogP contribution in [0.1, 0.15) is 13.8 Å². The van der Waals surface area contributed by atoms with Crippen LogP contribution in [0.3, 0.4) is 0 Å². The van der Waals surface area contributed by atoms with E-state index in [2.05, 4.69) is 22.5 Å². The van der Waals surface area contributed by atoms with Gasteiger partial charge in [-0.25, -0.2) is 8.42 Å².